The number of halogens is 1. The van der Waals surface area contributed by atoms with Gasteiger partial charge in [-0.2, -0.15) is 0 Å². The lowest BCUT2D eigenvalue weighted by atomic mass is 10.1. The summed E-state index contributed by atoms with van der Waals surface area (Å²) >= 11 is 2.23. The number of nitrogens with zero attached hydrogens (tertiary/aromatic N) is 1. The van der Waals surface area contributed by atoms with Gasteiger partial charge in [0.2, 0.25) is 0 Å². The Morgan fingerprint density at radius 2 is 1.71 bits per heavy atom. The molecule has 0 aliphatic rings. The molecule has 0 fully saturated rings. The maximum atomic E-state index is 9.14. The van der Waals surface area contributed by atoms with Crippen molar-refractivity contribution in [1.82, 2.24) is 4.98 Å². The van der Waals surface area contributed by atoms with Crippen molar-refractivity contribution in [3.63, 3.8) is 0 Å². The smallest absolute Gasteiger partial charge is 0.115 e. The molecule has 0 saturated carbocycles. The van der Waals surface area contributed by atoms with Gasteiger partial charge in [-0.05, 0) is 46.4 Å². The number of pyridine rings is 1. The van der Waals surface area contributed by atoms with Crippen molar-refractivity contribution in [3.05, 3.63) is 46.3 Å². The molecule has 0 saturated heterocycles. The van der Waals surface area contributed by atoms with Crippen LogP contribution in [0.15, 0.2) is 42.7 Å². The summed E-state index contributed by atoms with van der Waals surface area (Å²) in [6.07, 6.45) is 3.62. The van der Waals surface area contributed by atoms with E-state index in [9.17, 15) is 0 Å². The molecular weight excluding hydrogens is 289 g/mol. The van der Waals surface area contributed by atoms with Crippen LogP contribution < -0.4 is 0 Å². The van der Waals surface area contributed by atoms with Gasteiger partial charge in [-0.3, -0.25) is 4.98 Å². The van der Waals surface area contributed by atoms with Crippen molar-refractivity contribution in [2.75, 3.05) is 0 Å². The van der Waals surface area contributed by atoms with E-state index in [0.717, 1.165) is 14.7 Å². The molecule has 1 aromatic carbocycles. The van der Waals surface area contributed by atoms with E-state index < -0.39 is 0 Å². The van der Waals surface area contributed by atoms with E-state index in [1.807, 2.05) is 24.5 Å². The number of rotatable bonds is 1. The molecule has 0 spiro atoms. The minimum Gasteiger partial charge on any atom is -0.508 e. The Hall–Kier alpha value is -1.10. The van der Waals surface area contributed by atoms with Crippen molar-refractivity contribution in [1.29, 1.82) is 0 Å². The molecule has 2 nitrogen and oxygen atoms in total. The van der Waals surface area contributed by atoms with E-state index in [1.54, 1.807) is 12.1 Å². The molecule has 0 aliphatic heterocycles. The maximum Gasteiger partial charge on any atom is 0.115 e. The summed E-state index contributed by atoms with van der Waals surface area (Å²) in [4.78, 5) is 4.11. The summed E-state index contributed by atoms with van der Waals surface area (Å²) in [6, 6.07) is 9.16. The third-order valence-corrected chi connectivity index (χ3v) is 2.50. The maximum absolute atomic E-state index is 9.14. The first kappa shape index (κ1) is 9.45. The van der Waals surface area contributed by atoms with E-state index in [4.69, 9.17) is 5.11 Å². The van der Waals surface area contributed by atoms with E-state index in [1.165, 1.54) is 0 Å². The predicted molar refractivity (Wildman–Crippen MR) is 64.1 cm³/mol. The molecule has 0 bridgehead atoms. The van der Waals surface area contributed by atoms with E-state index in [-0.39, 0.29) is 5.75 Å². The van der Waals surface area contributed by atoms with Gasteiger partial charge in [0.1, 0.15) is 5.75 Å². The van der Waals surface area contributed by atoms with Crippen LogP contribution in [0.4, 0.5) is 0 Å². The van der Waals surface area contributed by atoms with E-state index in [0.29, 0.717) is 0 Å². The minimum atomic E-state index is 0.285. The summed E-state index contributed by atoms with van der Waals surface area (Å²) in [5, 5.41) is 9.14. The molecule has 0 radical (unpaired) electrons. The van der Waals surface area contributed by atoms with Crippen LogP contribution in [0.1, 0.15) is 0 Å². The van der Waals surface area contributed by atoms with Crippen molar-refractivity contribution in [3.8, 4) is 16.9 Å². The zero-order valence-electron chi connectivity index (χ0n) is 7.31. The fraction of sp³-hybridized carbons (Fsp3) is 0. The zero-order chi connectivity index (χ0) is 9.97. The van der Waals surface area contributed by atoms with Crippen LogP contribution in [0.5, 0.6) is 5.75 Å². The fourth-order valence-corrected chi connectivity index (χ4v) is 1.72. The molecule has 14 heavy (non-hydrogen) atoms. The molecule has 1 aromatic heterocycles. The van der Waals surface area contributed by atoms with Gasteiger partial charge in [0, 0.05) is 21.5 Å². The first-order valence-corrected chi connectivity index (χ1v) is 5.23. The van der Waals surface area contributed by atoms with Gasteiger partial charge < -0.3 is 5.11 Å². The Balaban J connectivity index is 2.44. The first-order valence-electron chi connectivity index (χ1n) is 4.16. The van der Waals surface area contributed by atoms with Crippen LogP contribution >= 0.6 is 22.6 Å². The minimum absolute atomic E-state index is 0.285. The Labute approximate surface area is 95.8 Å². The lowest BCUT2D eigenvalue weighted by Gasteiger charge is -2.01. The number of hydrogen-bond donors (Lipinski definition) is 1. The molecule has 3 heteroatoms. The molecular formula is C11H8INO. The number of benzene rings is 1. The molecule has 0 amide bonds. The van der Waals surface area contributed by atoms with Crippen LogP contribution in [-0.2, 0) is 0 Å². The number of aromatic nitrogens is 1. The van der Waals surface area contributed by atoms with Gasteiger partial charge in [0.05, 0.1) is 0 Å². The summed E-state index contributed by atoms with van der Waals surface area (Å²) in [7, 11) is 0. The van der Waals surface area contributed by atoms with Gasteiger partial charge >= 0.3 is 0 Å². The highest BCUT2D eigenvalue weighted by atomic mass is 127. The normalized spacial score (nSPS) is 10.1. The Bertz CT molecular complexity index is 439. The van der Waals surface area contributed by atoms with Crippen LogP contribution in [0.2, 0.25) is 0 Å². The largest absolute Gasteiger partial charge is 0.508 e. The third kappa shape index (κ3) is 2.04. The van der Waals surface area contributed by atoms with Crippen molar-refractivity contribution in [2.45, 2.75) is 0 Å². The Morgan fingerprint density at radius 1 is 1.00 bits per heavy atom. The van der Waals surface area contributed by atoms with Gasteiger partial charge in [-0.25, -0.2) is 0 Å². The summed E-state index contributed by atoms with van der Waals surface area (Å²) < 4.78 is 1.10. The Kier molecular flexibility index (Phi) is 2.67. The summed E-state index contributed by atoms with van der Waals surface area (Å²) in [6.45, 7) is 0. The highest BCUT2D eigenvalue weighted by Gasteiger charge is 1.98. The number of phenolic OH excluding ortho intramolecular Hbond substituents is 1. The fourth-order valence-electron chi connectivity index (χ4n) is 1.22. The first-order chi connectivity index (χ1) is 6.75. The molecule has 2 aromatic rings. The molecule has 2 rings (SSSR count). The van der Waals surface area contributed by atoms with Crippen LogP contribution in [0.3, 0.4) is 0 Å². The third-order valence-electron chi connectivity index (χ3n) is 1.91. The SMILES string of the molecule is Oc1ccc(-c2cncc(I)c2)cc1. The second-order valence-electron chi connectivity index (χ2n) is 2.94. The summed E-state index contributed by atoms with van der Waals surface area (Å²) in [5.41, 5.74) is 2.13. The number of phenols is 1. The topological polar surface area (TPSA) is 33.1 Å². The standard InChI is InChI=1S/C11H8INO/c12-10-5-9(6-13-7-10)8-1-3-11(14)4-2-8/h1-7,14H. The average molecular weight is 297 g/mol. The predicted octanol–water partition coefficient (Wildman–Crippen LogP) is 3.06. The number of hydrogen-bond acceptors (Lipinski definition) is 2. The van der Waals surface area contributed by atoms with Gasteiger partial charge in [-0.1, -0.05) is 12.1 Å². The van der Waals surface area contributed by atoms with Crippen molar-refractivity contribution in [2.24, 2.45) is 0 Å². The second-order valence-corrected chi connectivity index (χ2v) is 4.18. The molecule has 1 N–H and O–H groups in total. The molecule has 0 atom stereocenters. The molecule has 0 aliphatic carbocycles. The van der Waals surface area contributed by atoms with Crippen LogP contribution in [0, 0.1) is 3.57 Å². The van der Waals surface area contributed by atoms with Crippen molar-refractivity contribution >= 4 is 22.6 Å². The van der Waals surface area contributed by atoms with Gasteiger partial charge in [0.15, 0.2) is 0 Å². The van der Waals surface area contributed by atoms with Gasteiger partial charge in [-0.15, -0.1) is 0 Å². The highest BCUT2D eigenvalue weighted by Crippen LogP contribution is 2.22. The highest BCUT2D eigenvalue weighted by molar-refractivity contribution is 14.1. The number of aromatic hydroxyl groups is 1. The average Bonchev–Trinajstić information content (AvgIpc) is 2.19. The lowest BCUT2D eigenvalue weighted by molar-refractivity contribution is 0.475. The Morgan fingerprint density at radius 3 is 2.36 bits per heavy atom. The van der Waals surface area contributed by atoms with Crippen LogP contribution in [-0.4, -0.2) is 10.1 Å². The van der Waals surface area contributed by atoms with E-state index in [2.05, 4.69) is 33.6 Å². The van der Waals surface area contributed by atoms with E-state index >= 15 is 0 Å². The molecule has 70 valence electrons. The molecule has 0 unspecified atom stereocenters. The quantitative estimate of drug-likeness (QED) is 0.821. The monoisotopic (exact) mass is 297 g/mol. The van der Waals surface area contributed by atoms with Gasteiger partial charge in [0.25, 0.3) is 0 Å². The lowest BCUT2D eigenvalue weighted by Crippen LogP contribution is -1.81. The zero-order valence-corrected chi connectivity index (χ0v) is 9.47. The van der Waals surface area contributed by atoms with Crippen LogP contribution in [0.25, 0.3) is 11.1 Å². The molecule has 1 heterocycles. The summed E-state index contributed by atoms with van der Waals surface area (Å²) in [5.74, 6) is 0.285. The second kappa shape index (κ2) is 3.96. The van der Waals surface area contributed by atoms with Crippen molar-refractivity contribution < 1.29 is 5.11 Å².